The first-order valence-electron chi connectivity index (χ1n) is 2.20. The highest BCUT2D eigenvalue weighted by Gasteiger charge is 2.16. The Morgan fingerprint density at radius 2 is 2.67 bits per heavy atom. The van der Waals surface area contributed by atoms with E-state index in [-0.39, 0.29) is 5.76 Å². The van der Waals surface area contributed by atoms with Crippen LogP contribution in [0.1, 0.15) is 0 Å². The van der Waals surface area contributed by atoms with Crippen molar-refractivity contribution in [1.29, 1.82) is 0 Å². The molecule has 0 aromatic heterocycles. The first-order valence-corrected chi connectivity index (χ1v) is 2.20. The lowest BCUT2D eigenvalue weighted by molar-refractivity contribution is -0.144. The fraction of sp³-hybridized carbons (Fsp3) is 0.250. The zero-order valence-corrected chi connectivity index (χ0v) is 4.71. The summed E-state index contributed by atoms with van der Waals surface area (Å²) in [6, 6.07) is 0. The smallest absolute Gasteiger partial charge is 0.379 e. The molecule has 1 aliphatic heterocycles. The number of carbonyl (C=O) groups is 1. The van der Waals surface area contributed by atoms with E-state index in [0.29, 0.717) is 0 Å². The van der Waals surface area contributed by atoms with Gasteiger partial charge in [0.25, 0.3) is 5.76 Å². The van der Waals surface area contributed by atoms with Gasteiger partial charge in [0.1, 0.15) is 0 Å². The van der Waals surface area contributed by atoms with Crippen molar-refractivity contribution in [3.05, 3.63) is 12.0 Å². The molecule has 0 aromatic rings. The Hall–Kier alpha value is -1.23. The highest BCUT2D eigenvalue weighted by molar-refractivity contribution is 5.85. The molecule has 1 N–H and O–H groups in total. The van der Waals surface area contributed by atoms with E-state index in [0.717, 1.165) is 6.26 Å². The number of hydrogen-bond acceptors (Lipinski definition) is 5. The van der Waals surface area contributed by atoms with E-state index in [2.05, 4.69) is 14.4 Å². The molecule has 0 aromatic carbocycles. The van der Waals surface area contributed by atoms with Crippen molar-refractivity contribution in [2.75, 3.05) is 7.11 Å². The number of carbonyl (C=O) groups excluding carboxylic acids is 1. The number of methoxy groups -OCH3 is 1. The number of nitrogens with one attached hydrogen (secondary N) is 1. The molecule has 0 fully saturated rings. The summed E-state index contributed by atoms with van der Waals surface area (Å²) in [4.78, 5) is 19.2. The third kappa shape index (κ3) is 1.11. The van der Waals surface area contributed by atoms with Crippen molar-refractivity contribution < 1.29 is 19.2 Å². The molecule has 9 heavy (non-hydrogen) atoms. The minimum atomic E-state index is -0.569. The topological polar surface area (TPSA) is 56.8 Å². The van der Waals surface area contributed by atoms with Gasteiger partial charge in [0.05, 0.1) is 7.11 Å². The van der Waals surface area contributed by atoms with E-state index in [9.17, 15) is 4.79 Å². The van der Waals surface area contributed by atoms with E-state index in [4.69, 9.17) is 0 Å². The van der Waals surface area contributed by atoms with E-state index in [1.54, 1.807) is 0 Å². The predicted octanol–water partition coefficient (Wildman–Crippen LogP) is -0.533. The minimum Gasteiger partial charge on any atom is -0.463 e. The normalized spacial score (nSPS) is 15.4. The van der Waals surface area contributed by atoms with Crippen LogP contribution in [-0.4, -0.2) is 13.1 Å². The second-order valence-corrected chi connectivity index (χ2v) is 1.28. The van der Waals surface area contributed by atoms with Crippen LogP contribution in [0.15, 0.2) is 12.0 Å². The Kier molecular flexibility index (Phi) is 1.55. The standard InChI is InChI=1S/C4H5NO4/c1-7-4(6)3-2-8-5-9-3/h2,5H,1H3. The lowest BCUT2D eigenvalue weighted by Crippen LogP contribution is -2.09. The Balaban J connectivity index is 2.51. The van der Waals surface area contributed by atoms with Crippen LogP contribution in [0.5, 0.6) is 0 Å². The van der Waals surface area contributed by atoms with Gasteiger partial charge in [-0.3, -0.25) is 0 Å². The first kappa shape index (κ1) is 5.90. The Morgan fingerprint density at radius 1 is 1.89 bits per heavy atom. The molecule has 0 atom stereocenters. The molecule has 0 aliphatic carbocycles. The molecule has 5 nitrogen and oxygen atoms in total. The fourth-order valence-electron chi connectivity index (χ4n) is 0.361. The molecule has 0 saturated carbocycles. The van der Waals surface area contributed by atoms with Crippen LogP contribution in [0.2, 0.25) is 0 Å². The van der Waals surface area contributed by atoms with Crippen LogP contribution in [0.3, 0.4) is 0 Å². The molecule has 0 saturated heterocycles. The summed E-state index contributed by atoms with van der Waals surface area (Å²) in [5, 5.41) is 0. The molecular formula is C4H5NO4. The monoisotopic (exact) mass is 131 g/mol. The fourth-order valence-corrected chi connectivity index (χ4v) is 0.361. The molecule has 50 valence electrons. The third-order valence-corrected chi connectivity index (χ3v) is 0.752. The molecule has 5 heteroatoms. The SMILES string of the molecule is COC(=O)C1=CONO1. The molecule has 0 unspecified atom stereocenters. The molecular weight excluding hydrogens is 126 g/mol. The van der Waals surface area contributed by atoms with Gasteiger partial charge in [0.2, 0.25) is 0 Å². The van der Waals surface area contributed by atoms with E-state index in [1.807, 2.05) is 5.64 Å². The first-order chi connectivity index (χ1) is 4.34. The van der Waals surface area contributed by atoms with Gasteiger partial charge in [0.15, 0.2) is 6.26 Å². The minimum absolute atomic E-state index is 0.0116. The largest absolute Gasteiger partial charge is 0.463 e. The van der Waals surface area contributed by atoms with E-state index in [1.165, 1.54) is 7.11 Å². The van der Waals surface area contributed by atoms with Crippen molar-refractivity contribution in [3.8, 4) is 0 Å². The van der Waals surface area contributed by atoms with Gasteiger partial charge in [-0.15, -0.1) is 0 Å². The van der Waals surface area contributed by atoms with Gasteiger partial charge < -0.3 is 14.4 Å². The number of ether oxygens (including phenoxy) is 1. The van der Waals surface area contributed by atoms with Gasteiger partial charge in [-0.05, 0) is 0 Å². The quantitative estimate of drug-likeness (QED) is 0.484. The Labute approximate surface area is 51.1 Å². The second-order valence-electron chi connectivity index (χ2n) is 1.28. The zero-order valence-electron chi connectivity index (χ0n) is 4.71. The summed E-state index contributed by atoms with van der Waals surface area (Å²) in [6.45, 7) is 0. The third-order valence-electron chi connectivity index (χ3n) is 0.752. The summed E-state index contributed by atoms with van der Waals surface area (Å²) >= 11 is 0. The maximum absolute atomic E-state index is 10.5. The maximum atomic E-state index is 10.5. The zero-order chi connectivity index (χ0) is 6.69. The summed E-state index contributed by atoms with van der Waals surface area (Å²) in [5.74, 6) is -0.558. The van der Waals surface area contributed by atoms with Gasteiger partial charge in [0, 0.05) is 5.64 Å². The average Bonchev–Trinajstić information content (AvgIpc) is 2.37. The molecule has 0 amide bonds. The summed E-state index contributed by atoms with van der Waals surface area (Å²) in [7, 11) is 1.25. The second kappa shape index (κ2) is 2.36. The van der Waals surface area contributed by atoms with Crippen LogP contribution >= 0.6 is 0 Å². The molecule has 1 aliphatic rings. The Bertz CT molecular complexity index is 153. The summed E-state index contributed by atoms with van der Waals surface area (Å²) < 4.78 is 4.28. The van der Waals surface area contributed by atoms with Crippen LogP contribution in [-0.2, 0) is 19.2 Å². The van der Waals surface area contributed by atoms with Crippen molar-refractivity contribution in [1.82, 2.24) is 5.64 Å². The number of hydrogen-bond donors (Lipinski definition) is 1. The molecule has 0 bridgehead atoms. The van der Waals surface area contributed by atoms with E-state index < -0.39 is 5.97 Å². The van der Waals surface area contributed by atoms with Gasteiger partial charge in [-0.1, -0.05) is 0 Å². The number of esters is 1. The molecule has 0 spiro atoms. The van der Waals surface area contributed by atoms with Crippen LogP contribution in [0.25, 0.3) is 0 Å². The molecule has 0 radical (unpaired) electrons. The summed E-state index contributed by atoms with van der Waals surface area (Å²) in [5.41, 5.74) is 1.99. The lowest BCUT2D eigenvalue weighted by atomic mass is 10.6. The van der Waals surface area contributed by atoms with Crippen LogP contribution < -0.4 is 5.64 Å². The van der Waals surface area contributed by atoms with Gasteiger partial charge in [-0.25, -0.2) is 4.79 Å². The number of rotatable bonds is 1. The predicted molar refractivity (Wildman–Crippen MR) is 25.4 cm³/mol. The van der Waals surface area contributed by atoms with Crippen molar-refractivity contribution >= 4 is 5.97 Å². The van der Waals surface area contributed by atoms with Crippen LogP contribution in [0, 0.1) is 0 Å². The van der Waals surface area contributed by atoms with Crippen molar-refractivity contribution in [2.45, 2.75) is 0 Å². The summed E-state index contributed by atoms with van der Waals surface area (Å²) in [6.07, 6.45) is 1.12. The highest BCUT2D eigenvalue weighted by atomic mass is 16.9. The average molecular weight is 131 g/mol. The lowest BCUT2D eigenvalue weighted by Gasteiger charge is -1.94. The van der Waals surface area contributed by atoms with Gasteiger partial charge in [-0.2, -0.15) is 0 Å². The van der Waals surface area contributed by atoms with E-state index >= 15 is 0 Å². The van der Waals surface area contributed by atoms with Gasteiger partial charge >= 0.3 is 5.97 Å². The van der Waals surface area contributed by atoms with Crippen molar-refractivity contribution in [3.63, 3.8) is 0 Å². The molecule has 1 rings (SSSR count). The van der Waals surface area contributed by atoms with Crippen molar-refractivity contribution in [2.24, 2.45) is 0 Å². The molecule has 1 heterocycles. The van der Waals surface area contributed by atoms with Crippen LogP contribution in [0.4, 0.5) is 0 Å². The maximum Gasteiger partial charge on any atom is 0.379 e. The highest BCUT2D eigenvalue weighted by Crippen LogP contribution is 2.02. The Morgan fingerprint density at radius 3 is 3.11 bits per heavy atom.